The van der Waals surface area contributed by atoms with Crippen molar-refractivity contribution in [3.63, 3.8) is 0 Å². The Labute approximate surface area is 106 Å². The molecule has 0 fully saturated rings. The summed E-state index contributed by atoms with van der Waals surface area (Å²) in [6, 6.07) is 3.39. The van der Waals surface area contributed by atoms with Crippen molar-refractivity contribution in [2.45, 2.75) is 19.9 Å². The van der Waals surface area contributed by atoms with Gasteiger partial charge in [0, 0.05) is 17.7 Å². The Morgan fingerprint density at radius 1 is 1.39 bits per heavy atom. The van der Waals surface area contributed by atoms with E-state index >= 15 is 0 Å². The highest BCUT2D eigenvalue weighted by Crippen LogP contribution is 2.37. The first-order chi connectivity index (χ1) is 8.34. The molecule has 1 rings (SSSR count). The van der Waals surface area contributed by atoms with E-state index in [4.69, 9.17) is 15.2 Å². The van der Waals surface area contributed by atoms with Crippen molar-refractivity contribution >= 4 is 5.97 Å². The van der Waals surface area contributed by atoms with Crippen molar-refractivity contribution in [2.24, 2.45) is 11.1 Å². The minimum Gasteiger partial charge on any atom is -0.496 e. The van der Waals surface area contributed by atoms with Gasteiger partial charge in [0.25, 0.3) is 0 Å². The van der Waals surface area contributed by atoms with Gasteiger partial charge in [-0.25, -0.2) is 4.39 Å². The Morgan fingerprint density at radius 3 is 2.50 bits per heavy atom. The molecule has 0 aromatic heterocycles. The maximum Gasteiger partial charge on any atom is 0.313 e. The smallest absolute Gasteiger partial charge is 0.313 e. The third kappa shape index (κ3) is 2.61. The molecule has 4 nitrogen and oxygen atoms in total. The summed E-state index contributed by atoms with van der Waals surface area (Å²) in [5, 5.41) is 0. The molecule has 0 aliphatic carbocycles. The summed E-state index contributed by atoms with van der Waals surface area (Å²) in [5.74, 6) is -0.528. The Hall–Kier alpha value is -1.62. The van der Waals surface area contributed by atoms with Crippen molar-refractivity contribution in [1.29, 1.82) is 0 Å². The quantitative estimate of drug-likeness (QED) is 0.836. The first-order valence-electron chi connectivity index (χ1n) is 5.52. The fourth-order valence-electron chi connectivity index (χ4n) is 1.72. The summed E-state index contributed by atoms with van der Waals surface area (Å²) >= 11 is 0. The Morgan fingerprint density at radius 2 is 2.00 bits per heavy atom. The lowest BCUT2D eigenvalue weighted by molar-refractivity contribution is -0.152. The highest BCUT2D eigenvalue weighted by Gasteiger charge is 2.37. The molecule has 100 valence electrons. The Bertz CT molecular complexity index is 446. The standard InChI is InChI=1S/C13H18FNO3/c1-13(2,12(16)18-4)11(15)9-6-5-8(14)7-10(9)17-3/h5-7,11H,15H2,1-4H3/t11-/m0/s1. The number of halogens is 1. The number of esters is 1. The molecule has 0 heterocycles. The van der Waals surface area contributed by atoms with Gasteiger partial charge in [0.05, 0.1) is 19.6 Å². The number of carbonyl (C=O) groups excluding carboxylic acids is 1. The Kier molecular flexibility index (Phi) is 4.29. The van der Waals surface area contributed by atoms with Crippen LogP contribution in [0.1, 0.15) is 25.5 Å². The zero-order valence-corrected chi connectivity index (χ0v) is 11.0. The van der Waals surface area contributed by atoms with E-state index in [1.54, 1.807) is 13.8 Å². The molecule has 0 saturated heterocycles. The highest BCUT2D eigenvalue weighted by molar-refractivity contribution is 5.77. The number of carbonyl (C=O) groups is 1. The van der Waals surface area contributed by atoms with Crippen LogP contribution in [0.5, 0.6) is 5.75 Å². The van der Waals surface area contributed by atoms with Crippen LogP contribution in [-0.4, -0.2) is 20.2 Å². The topological polar surface area (TPSA) is 61.5 Å². The van der Waals surface area contributed by atoms with Crippen LogP contribution >= 0.6 is 0 Å². The van der Waals surface area contributed by atoms with Gasteiger partial charge < -0.3 is 15.2 Å². The third-order valence-corrected chi connectivity index (χ3v) is 3.02. The fourth-order valence-corrected chi connectivity index (χ4v) is 1.72. The molecule has 1 aromatic carbocycles. The van der Waals surface area contributed by atoms with Crippen molar-refractivity contribution < 1.29 is 18.7 Å². The van der Waals surface area contributed by atoms with Gasteiger partial charge in [-0.3, -0.25) is 4.79 Å². The minimum absolute atomic E-state index is 0.319. The molecule has 1 atom stereocenters. The van der Waals surface area contributed by atoms with Crippen molar-refractivity contribution in [1.82, 2.24) is 0 Å². The maximum atomic E-state index is 13.1. The normalized spacial score (nSPS) is 13.0. The first-order valence-corrected chi connectivity index (χ1v) is 5.52. The zero-order valence-electron chi connectivity index (χ0n) is 11.0. The van der Waals surface area contributed by atoms with Crippen molar-refractivity contribution in [2.75, 3.05) is 14.2 Å². The van der Waals surface area contributed by atoms with Gasteiger partial charge in [-0.05, 0) is 19.9 Å². The SMILES string of the molecule is COC(=O)C(C)(C)[C@@H](N)c1ccc(F)cc1OC. The summed E-state index contributed by atoms with van der Waals surface area (Å²) in [6.07, 6.45) is 0. The molecule has 0 unspecified atom stereocenters. The summed E-state index contributed by atoms with van der Waals surface area (Å²) in [5.41, 5.74) is 5.71. The molecule has 0 spiro atoms. The molecule has 18 heavy (non-hydrogen) atoms. The minimum atomic E-state index is -0.931. The molecule has 0 amide bonds. The predicted molar refractivity (Wildman–Crippen MR) is 65.7 cm³/mol. The molecule has 0 radical (unpaired) electrons. The monoisotopic (exact) mass is 255 g/mol. The number of hydrogen-bond acceptors (Lipinski definition) is 4. The molecule has 0 aliphatic heterocycles. The molecule has 2 N–H and O–H groups in total. The van der Waals surface area contributed by atoms with Crippen LogP contribution in [0.2, 0.25) is 0 Å². The summed E-state index contributed by atoms with van der Waals surface area (Å²) in [7, 11) is 2.73. The van der Waals surface area contributed by atoms with E-state index < -0.39 is 23.2 Å². The van der Waals surface area contributed by atoms with Gasteiger partial charge in [-0.15, -0.1) is 0 Å². The van der Waals surface area contributed by atoms with E-state index in [9.17, 15) is 9.18 Å². The van der Waals surface area contributed by atoms with Gasteiger partial charge in [-0.1, -0.05) is 6.07 Å². The van der Waals surface area contributed by atoms with Crippen LogP contribution in [0.3, 0.4) is 0 Å². The van der Waals surface area contributed by atoms with Crippen LogP contribution in [0.4, 0.5) is 4.39 Å². The summed E-state index contributed by atoms with van der Waals surface area (Å²) in [4.78, 5) is 11.7. The average molecular weight is 255 g/mol. The van der Waals surface area contributed by atoms with Gasteiger partial charge in [-0.2, -0.15) is 0 Å². The second kappa shape index (κ2) is 5.35. The molecular formula is C13H18FNO3. The van der Waals surface area contributed by atoms with Gasteiger partial charge in [0.15, 0.2) is 0 Å². The van der Waals surface area contributed by atoms with Crippen LogP contribution in [0, 0.1) is 11.2 Å². The van der Waals surface area contributed by atoms with E-state index in [1.165, 1.54) is 32.4 Å². The molecular weight excluding hydrogens is 237 g/mol. The van der Waals surface area contributed by atoms with Crippen molar-refractivity contribution in [3.8, 4) is 5.75 Å². The van der Waals surface area contributed by atoms with Crippen LogP contribution in [0.25, 0.3) is 0 Å². The number of rotatable bonds is 4. The number of ether oxygens (including phenoxy) is 2. The number of methoxy groups -OCH3 is 2. The number of nitrogens with two attached hydrogens (primary N) is 1. The van der Waals surface area contributed by atoms with Crippen molar-refractivity contribution in [3.05, 3.63) is 29.6 Å². The number of benzene rings is 1. The highest BCUT2D eigenvalue weighted by atomic mass is 19.1. The average Bonchev–Trinajstić information content (AvgIpc) is 2.36. The van der Waals surface area contributed by atoms with E-state index in [0.29, 0.717) is 11.3 Å². The van der Waals surface area contributed by atoms with Crippen LogP contribution < -0.4 is 10.5 Å². The summed E-state index contributed by atoms with van der Waals surface area (Å²) in [6.45, 7) is 3.35. The van der Waals surface area contributed by atoms with Gasteiger partial charge in [0.1, 0.15) is 11.6 Å². The number of hydrogen-bond donors (Lipinski definition) is 1. The molecule has 0 aliphatic rings. The van der Waals surface area contributed by atoms with Gasteiger partial charge >= 0.3 is 5.97 Å². The molecule has 0 bridgehead atoms. The first kappa shape index (κ1) is 14.4. The zero-order chi connectivity index (χ0) is 13.9. The third-order valence-electron chi connectivity index (χ3n) is 3.02. The molecule has 5 heteroatoms. The van der Waals surface area contributed by atoms with E-state index in [0.717, 1.165) is 0 Å². The van der Waals surface area contributed by atoms with E-state index in [1.807, 2.05) is 0 Å². The second-order valence-electron chi connectivity index (χ2n) is 4.58. The van der Waals surface area contributed by atoms with Gasteiger partial charge in [0.2, 0.25) is 0 Å². The predicted octanol–water partition coefficient (Wildman–Crippen LogP) is 2.03. The molecule has 1 aromatic rings. The van der Waals surface area contributed by atoms with E-state index in [-0.39, 0.29) is 0 Å². The largest absolute Gasteiger partial charge is 0.496 e. The fraction of sp³-hybridized carbons (Fsp3) is 0.462. The lowest BCUT2D eigenvalue weighted by Crippen LogP contribution is -2.37. The lowest BCUT2D eigenvalue weighted by Gasteiger charge is -2.29. The summed E-state index contributed by atoms with van der Waals surface area (Å²) < 4.78 is 22.9. The molecule has 0 saturated carbocycles. The Balaban J connectivity index is 3.18. The van der Waals surface area contributed by atoms with E-state index in [2.05, 4.69) is 0 Å². The van der Waals surface area contributed by atoms with Crippen LogP contribution in [-0.2, 0) is 9.53 Å². The second-order valence-corrected chi connectivity index (χ2v) is 4.58. The van der Waals surface area contributed by atoms with Crippen LogP contribution in [0.15, 0.2) is 18.2 Å². The maximum absolute atomic E-state index is 13.1. The lowest BCUT2D eigenvalue weighted by atomic mass is 9.80.